The van der Waals surface area contributed by atoms with E-state index >= 15 is 0 Å². The van der Waals surface area contributed by atoms with E-state index in [4.69, 9.17) is 23.2 Å². The maximum atomic E-state index is 6.31. The second kappa shape index (κ2) is 6.97. The molecule has 0 bridgehead atoms. The number of rotatable bonds is 6. The molecule has 1 aromatic carbocycles. The standard InChI is InChI=1S/C16H25Cl2N/c1-11(2)16(5,10-19-12(3)4)9-13-7-6-8-14(17)15(13)18/h6-8,11-12,19H,9-10H2,1-5H3. The minimum atomic E-state index is 0.165. The van der Waals surface area contributed by atoms with Crippen LogP contribution in [0.4, 0.5) is 0 Å². The van der Waals surface area contributed by atoms with Gasteiger partial charge in [-0.05, 0) is 29.4 Å². The second-order valence-corrected chi connectivity index (χ2v) is 7.02. The molecular formula is C16H25Cl2N. The topological polar surface area (TPSA) is 12.0 Å². The molecular weight excluding hydrogens is 277 g/mol. The predicted octanol–water partition coefficient (Wildman–Crippen LogP) is 5.20. The van der Waals surface area contributed by atoms with Crippen LogP contribution in [0.2, 0.25) is 10.0 Å². The fraction of sp³-hybridized carbons (Fsp3) is 0.625. The summed E-state index contributed by atoms with van der Waals surface area (Å²) in [5.41, 5.74) is 1.30. The number of benzene rings is 1. The van der Waals surface area contributed by atoms with Gasteiger partial charge in [0.1, 0.15) is 0 Å². The summed E-state index contributed by atoms with van der Waals surface area (Å²) >= 11 is 12.4. The lowest BCUT2D eigenvalue weighted by Crippen LogP contribution is -2.40. The molecule has 0 aliphatic heterocycles. The first kappa shape index (κ1) is 16.8. The molecule has 1 unspecified atom stereocenters. The van der Waals surface area contributed by atoms with Crippen LogP contribution in [0.5, 0.6) is 0 Å². The Balaban J connectivity index is 2.92. The van der Waals surface area contributed by atoms with E-state index in [0.29, 0.717) is 22.0 Å². The molecule has 108 valence electrons. The highest BCUT2D eigenvalue weighted by atomic mass is 35.5. The van der Waals surface area contributed by atoms with Crippen molar-refractivity contribution in [1.29, 1.82) is 0 Å². The summed E-state index contributed by atoms with van der Waals surface area (Å²) in [6.07, 6.45) is 0.934. The highest BCUT2D eigenvalue weighted by molar-refractivity contribution is 6.42. The fourth-order valence-electron chi connectivity index (χ4n) is 2.03. The summed E-state index contributed by atoms with van der Waals surface area (Å²) in [5.74, 6) is 0.564. The number of hydrogen-bond donors (Lipinski definition) is 1. The van der Waals surface area contributed by atoms with Gasteiger partial charge in [-0.25, -0.2) is 0 Å². The summed E-state index contributed by atoms with van der Waals surface area (Å²) in [6, 6.07) is 6.38. The van der Waals surface area contributed by atoms with Crippen LogP contribution >= 0.6 is 23.2 Å². The van der Waals surface area contributed by atoms with Gasteiger partial charge >= 0.3 is 0 Å². The Morgan fingerprint density at radius 1 is 1.16 bits per heavy atom. The van der Waals surface area contributed by atoms with Gasteiger partial charge in [-0.2, -0.15) is 0 Å². The SMILES string of the molecule is CC(C)NCC(C)(Cc1cccc(Cl)c1Cl)C(C)C. The first-order valence-electron chi connectivity index (χ1n) is 6.92. The lowest BCUT2D eigenvalue weighted by atomic mass is 9.74. The quantitative estimate of drug-likeness (QED) is 0.762. The van der Waals surface area contributed by atoms with Gasteiger partial charge in [-0.3, -0.25) is 0 Å². The molecule has 1 rings (SSSR count). The molecule has 0 aromatic heterocycles. The van der Waals surface area contributed by atoms with E-state index in [9.17, 15) is 0 Å². The average molecular weight is 302 g/mol. The Morgan fingerprint density at radius 3 is 2.32 bits per heavy atom. The normalized spacial score (nSPS) is 15.0. The molecule has 0 aliphatic carbocycles. The second-order valence-electron chi connectivity index (χ2n) is 6.23. The Bertz CT molecular complexity index is 415. The van der Waals surface area contributed by atoms with Crippen molar-refractivity contribution in [3.05, 3.63) is 33.8 Å². The fourth-order valence-corrected chi connectivity index (χ4v) is 2.42. The third-order valence-electron chi connectivity index (χ3n) is 3.93. The summed E-state index contributed by atoms with van der Waals surface area (Å²) in [4.78, 5) is 0. The lowest BCUT2D eigenvalue weighted by Gasteiger charge is -2.35. The van der Waals surface area contributed by atoms with E-state index in [1.807, 2.05) is 12.1 Å². The lowest BCUT2D eigenvalue weighted by molar-refractivity contribution is 0.202. The third kappa shape index (κ3) is 4.66. The number of nitrogens with one attached hydrogen (secondary N) is 1. The molecule has 0 fully saturated rings. The van der Waals surface area contributed by atoms with Crippen molar-refractivity contribution in [3.63, 3.8) is 0 Å². The Morgan fingerprint density at radius 2 is 1.79 bits per heavy atom. The van der Waals surface area contributed by atoms with Gasteiger partial charge in [-0.15, -0.1) is 0 Å². The maximum Gasteiger partial charge on any atom is 0.0624 e. The summed E-state index contributed by atoms with van der Waals surface area (Å²) < 4.78 is 0. The zero-order chi connectivity index (χ0) is 14.6. The smallest absolute Gasteiger partial charge is 0.0624 e. The molecule has 0 radical (unpaired) electrons. The van der Waals surface area contributed by atoms with E-state index in [-0.39, 0.29) is 5.41 Å². The van der Waals surface area contributed by atoms with Crippen LogP contribution in [0, 0.1) is 11.3 Å². The zero-order valence-corrected chi connectivity index (χ0v) is 14.1. The van der Waals surface area contributed by atoms with Gasteiger partial charge in [0.15, 0.2) is 0 Å². The highest BCUT2D eigenvalue weighted by Gasteiger charge is 2.29. The molecule has 0 saturated carbocycles. The van der Waals surface area contributed by atoms with Crippen molar-refractivity contribution in [2.75, 3.05) is 6.54 Å². The first-order chi connectivity index (χ1) is 8.76. The largest absolute Gasteiger partial charge is 0.314 e. The van der Waals surface area contributed by atoms with Crippen molar-refractivity contribution >= 4 is 23.2 Å². The van der Waals surface area contributed by atoms with Gasteiger partial charge in [-0.1, -0.05) is 70.0 Å². The van der Waals surface area contributed by atoms with Crippen LogP contribution in [0.15, 0.2) is 18.2 Å². The van der Waals surface area contributed by atoms with Gasteiger partial charge in [0.05, 0.1) is 10.0 Å². The van der Waals surface area contributed by atoms with Crippen molar-refractivity contribution < 1.29 is 0 Å². The molecule has 0 spiro atoms. The van der Waals surface area contributed by atoms with Crippen LogP contribution in [0.1, 0.15) is 40.2 Å². The van der Waals surface area contributed by atoms with Gasteiger partial charge in [0.2, 0.25) is 0 Å². The Kier molecular flexibility index (Phi) is 6.16. The molecule has 1 N–H and O–H groups in total. The van der Waals surface area contributed by atoms with Crippen molar-refractivity contribution in [2.24, 2.45) is 11.3 Å². The predicted molar refractivity (Wildman–Crippen MR) is 86.2 cm³/mol. The molecule has 0 amide bonds. The number of halogens is 2. The van der Waals surface area contributed by atoms with E-state index < -0.39 is 0 Å². The Hall–Kier alpha value is -0.240. The summed E-state index contributed by atoms with van der Waals surface area (Å²) in [6.45, 7) is 12.2. The average Bonchev–Trinajstić information content (AvgIpc) is 2.32. The monoisotopic (exact) mass is 301 g/mol. The number of hydrogen-bond acceptors (Lipinski definition) is 1. The van der Waals surface area contributed by atoms with Crippen LogP contribution in [0.3, 0.4) is 0 Å². The summed E-state index contributed by atoms with van der Waals surface area (Å²) in [5, 5.41) is 4.88. The molecule has 1 aromatic rings. The molecule has 0 heterocycles. The Labute approximate surface area is 127 Å². The van der Waals surface area contributed by atoms with E-state index in [1.165, 1.54) is 0 Å². The van der Waals surface area contributed by atoms with E-state index in [1.54, 1.807) is 0 Å². The molecule has 0 aliphatic rings. The minimum absolute atomic E-state index is 0.165. The summed E-state index contributed by atoms with van der Waals surface area (Å²) in [7, 11) is 0. The van der Waals surface area contributed by atoms with Crippen molar-refractivity contribution in [3.8, 4) is 0 Å². The molecule has 1 nitrogen and oxygen atoms in total. The van der Waals surface area contributed by atoms with Crippen LogP contribution < -0.4 is 5.32 Å². The highest BCUT2D eigenvalue weighted by Crippen LogP contribution is 2.35. The van der Waals surface area contributed by atoms with Crippen LogP contribution in [0.25, 0.3) is 0 Å². The molecule has 0 saturated heterocycles. The van der Waals surface area contributed by atoms with Crippen LogP contribution in [-0.2, 0) is 6.42 Å². The molecule has 3 heteroatoms. The van der Waals surface area contributed by atoms with Gasteiger partial charge in [0, 0.05) is 12.6 Å². The van der Waals surface area contributed by atoms with Crippen molar-refractivity contribution in [1.82, 2.24) is 5.32 Å². The third-order valence-corrected chi connectivity index (χ3v) is 4.79. The zero-order valence-electron chi connectivity index (χ0n) is 12.6. The molecule has 19 heavy (non-hydrogen) atoms. The minimum Gasteiger partial charge on any atom is -0.314 e. The molecule has 1 atom stereocenters. The van der Waals surface area contributed by atoms with E-state index in [0.717, 1.165) is 18.5 Å². The van der Waals surface area contributed by atoms with Crippen LogP contribution in [-0.4, -0.2) is 12.6 Å². The maximum absolute atomic E-state index is 6.31. The van der Waals surface area contributed by atoms with Gasteiger partial charge < -0.3 is 5.32 Å². The van der Waals surface area contributed by atoms with Crippen molar-refractivity contribution in [2.45, 2.75) is 47.1 Å². The van der Waals surface area contributed by atoms with E-state index in [2.05, 4.69) is 46.0 Å². The first-order valence-corrected chi connectivity index (χ1v) is 7.68. The van der Waals surface area contributed by atoms with Gasteiger partial charge in [0.25, 0.3) is 0 Å².